The van der Waals surface area contributed by atoms with Crippen molar-refractivity contribution >= 4 is 33.0 Å². The van der Waals surface area contributed by atoms with Gasteiger partial charge in [-0.15, -0.1) is 11.3 Å². The average molecular weight is 276 g/mol. The first-order valence-electron chi connectivity index (χ1n) is 4.61. The van der Waals surface area contributed by atoms with E-state index in [2.05, 4.69) is 15.9 Å². The van der Waals surface area contributed by atoms with E-state index in [9.17, 15) is 4.79 Å². The van der Waals surface area contributed by atoms with Crippen LogP contribution in [0.15, 0.2) is 15.9 Å². The van der Waals surface area contributed by atoms with E-state index in [1.54, 1.807) is 0 Å². The van der Waals surface area contributed by atoms with Gasteiger partial charge < -0.3 is 5.73 Å². The summed E-state index contributed by atoms with van der Waals surface area (Å²) < 4.78 is 0.851. The van der Waals surface area contributed by atoms with Crippen LogP contribution in [0.25, 0.3) is 0 Å². The molecule has 0 bridgehead atoms. The fourth-order valence-corrected chi connectivity index (χ4v) is 2.85. The zero-order valence-corrected chi connectivity index (χ0v) is 10.7. The van der Waals surface area contributed by atoms with Crippen LogP contribution >= 0.6 is 27.3 Å². The molecule has 4 heteroatoms. The molecule has 0 aromatic carbocycles. The quantitative estimate of drug-likeness (QED) is 0.858. The number of carbonyl (C=O) groups is 1. The van der Waals surface area contributed by atoms with E-state index in [0.29, 0.717) is 12.8 Å². The van der Waals surface area contributed by atoms with Crippen molar-refractivity contribution in [1.29, 1.82) is 0 Å². The van der Waals surface area contributed by atoms with Gasteiger partial charge in [0, 0.05) is 4.47 Å². The van der Waals surface area contributed by atoms with Crippen molar-refractivity contribution in [3.8, 4) is 0 Å². The summed E-state index contributed by atoms with van der Waals surface area (Å²) in [6, 6.07) is 1.88. The van der Waals surface area contributed by atoms with Gasteiger partial charge in [0.1, 0.15) is 0 Å². The maximum Gasteiger partial charge on any atom is 0.193 e. The highest BCUT2D eigenvalue weighted by atomic mass is 79.9. The second-order valence-corrected chi connectivity index (χ2v) is 5.06. The minimum Gasteiger partial charge on any atom is -0.319 e. The van der Waals surface area contributed by atoms with Crippen molar-refractivity contribution in [3.63, 3.8) is 0 Å². The molecule has 1 aromatic rings. The number of carbonyl (C=O) groups excluding carboxylic acids is 1. The maximum absolute atomic E-state index is 12.1. The molecule has 0 aliphatic rings. The third kappa shape index (κ3) is 2.07. The molecule has 0 aliphatic heterocycles. The molecular formula is C10H14BrNOS. The Hall–Kier alpha value is -0.190. The van der Waals surface area contributed by atoms with Crippen molar-refractivity contribution in [2.45, 2.75) is 32.2 Å². The van der Waals surface area contributed by atoms with Crippen LogP contribution in [0, 0.1) is 0 Å². The fourth-order valence-electron chi connectivity index (χ4n) is 1.25. The number of thiophene rings is 1. The van der Waals surface area contributed by atoms with Crippen LogP contribution < -0.4 is 5.73 Å². The van der Waals surface area contributed by atoms with Gasteiger partial charge in [-0.05, 0) is 40.2 Å². The van der Waals surface area contributed by atoms with Crippen LogP contribution in [-0.4, -0.2) is 11.3 Å². The van der Waals surface area contributed by atoms with Gasteiger partial charge in [0.25, 0.3) is 0 Å². The van der Waals surface area contributed by atoms with Crippen molar-refractivity contribution in [2.24, 2.45) is 5.73 Å². The van der Waals surface area contributed by atoms with Crippen molar-refractivity contribution in [1.82, 2.24) is 0 Å². The Balaban J connectivity index is 3.01. The predicted molar refractivity (Wildman–Crippen MR) is 63.8 cm³/mol. The van der Waals surface area contributed by atoms with Crippen molar-refractivity contribution < 1.29 is 4.79 Å². The highest BCUT2D eigenvalue weighted by Gasteiger charge is 2.32. The molecule has 0 radical (unpaired) electrons. The fraction of sp³-hybridized carbons (Fsp3) is 0.500. The van der Waals surface area contributed by atoms with Crippen LogP contribution in [0.3, 0.4) is 0 Å². The molecule has 14 heavy (non-hydrogen) atoms. The monoisotopic (exact) mass is 275 g/mol. The largest absolute Gasteiger partial charge is 0.319 e. The molecule has 2 nitrogen and oxygen atoms in total. The Morgan fingerprint density at radius 3 is 2.50 bits per heavy atom. The smallest absolute Gasteiger partial charge is 0.193 e. The Morgan fingerprint density at radius 2 is 2.14 bits per heavy atom. The summed E-state index contributed by atoms with van der Waals surface area (Å²) in [5.41, 5.74) is 5.34. The molecule has 2 N–H and O–H groups in total. The lowest BCUT2D eigenvalue weighted by atomic mass is 9.88. The summed E-state index contributed by atoms with van der Waals surface area (Å²) in [5.74, 6) is 0.0457. The highest BCUT2D eigenvalue weighted by molar-refractivity contribution is 9.10. The van der Waals surface area contributed by atoms with Gasteiger partial charge in [0.2, 0.25) is 0 Å². The standard InChI is InChI=1S/C10H14BrNOS/c1-3-10(12,4-2)9(13)8-7(11)5-6-14-8/h5-6H,3-4,12H2,1-2H3. The van der Waals surface area contributed by atoms with Crippen LogP contribution in [-0.2, 0) is 0 Å². The van der Waals surface area contributed by atoms with Crippen LogP contribution in [0.4, 0.5) is 0 Å². The summed E-state index contributed by atoms with van der Waals surface area (Å²) in [5, 5.41) is 1.89. The highest BCUT2D eigenvalue weighted by Crippen LogP contribution is 2.28. The van der Waals surface area contributed by atoms with E-state index < -0.39 is 5.54 Å². The van der Waals surface area contributed by atoms with Gasteiger partial charge in [0.15, 0.2) is 5.78 Å². The van der Waals surface area contributed by atoms with Gasteiger partial charge in [0.05, 0.1) is 10.4 Å². The average Bonchev–Trinajstić information content (AvgIpc) is 2.62. The zero-order valence-electron chi connectivity index (χ0n) is 8.34. The Bertz CT molecular complexity index is 331. The summed E-state index contributed by atoms with van der Waals surface area (Å²) in [6.07, 6.45) is 1.35. The molecule has 0 saturated heterocycles. The van der Waals surface area contributed by atoms with E-state index in [1.807, 2.05) is 25.3 Å². The van der Waals surface area contributed by atoms with Gasteiger partial charge in [-0.25, -0.2) is 0 Å². The number of nitrogens with two attached hydrogens (primary N) is 1. The molecule has 0 amide bonds. The molecule has 1 aromatic heterocycles. The number of Topliss-reactive ketones (excluding diaryl/α,β-unsaturated/α-hetero) is 1. The lowest BCUT2D eigenvalue weighted by Gasteiger charge is -2.24. The van der Waals surface area contributed by atoms with Crippen molar-refractivity contribution in [3.05, 3.63) is 20.8 Å². The van der Waals surface area contributed by atoms with Crippen LogP contribution in [0.2, 0.25) is 0 Å². The predicted octanol–water partition coefficient (Wildman–Crippen LogP) is 3.21. The van der Waals surface area contributed by atoms with Crippen LogP contribution in [0.5, 0.6) is 0 Å². The van der Waals surface area contributed by atoms with Gasteiger partial charge in [-0.1, -0.05) is 13.8 Å². The molecule has 0 atom stereocenters. The molecule has 0 spiro atoms. The normalized spacial score (nSPS) is 11.7. The Morgan fingerprint density at radius 1 is 1.57 bits per heavy atom. The number of ketones is 1. The molecule has 0 unspecified atom stereocenters. The minimum atomic E-state index is -0.701. The Kier molecular flexibility index (Phi) is 3.86. The van der Waals surface area contributed by atoms with E-state index in [0.717, 1.165) is 9.35 Å². The third-order valence-corrected chi connectivity index (χ3v) is 4.37. The molecule has 0 aliphatic carbocycles. The second-order valence-electron chi connectivity index (χ2n) is 3.29. The topological polar surface area (TPSA) is 43.1 Å². The van der Waals surface area contributed by atoms with Gasteiger partial charge in [-0.2, -0.15) is 0 Å². The van der Waals surface area contributed by atoms with Crippen LogP contribution in [0.1, 0.15) is 36.4 Å². The summed E-state index contributed by atoms with van der Waals surface area (Å²) in [4.78, 5) is 12.8. The van der Waals surface area contributed by atoms with E-state index in [1.165, 1.54) is 11.3 Å². The van der Waals surface area contributed by atoms with Gasteiger partial charge >= 0.3 is 0 Å². The number of halogens is 1. The lowest BCUT2D eigenvalue weighted by molar-refractivity contribution is 0.0883. The third-order valence-electron chi connectivity index (χ3n) is 2.54. The second kappa shape index (κ2) is 4.55. The first-order chi connectivity index (χ1) is 6.55. The molecule has 1 heterocycles. The number of hydrogen-bond donors (Lipinski definition) is 1. The van der Waals surface area contributed by atoms with E-state index >= 15 is 0 Å². The molecule has 0 fully saturated rings. The zero-order chi connectivity index (χ0) is 10.8. The van der Waals surface area contributed by atoms with E-state index in [-0.39, 0.29) is 5.78 Å². The number of rotatable bonds is 4. The molecule has 0 saturated carbocycles. The summed E-state index contributed by atoms with van der Waals surface area (Å²) in [7, 11) is 0. The Labute approximate surface area is 96.6 Å². The lowest BCUT2D eigenvalue weighted by Crippen LogP contribution is -2.46. The van der Waals surface area contributed by atoms with Gasteiger partial charge in [-0.3, -0.25) is 4.79 Å². The maximum atomic E-state index is 12.1. The first kappa shape index (κ1) is 11.9. The SMILES string of the molecule is CCC(N)(CC)C(=O)c1sccc1Br. The molecule has 78 valence electrons. The molecule has 1 rings (SSSR count). The minimum absolute atomic E-state index is 0.0457. The number of hydrogen-bond acceptors (Lipinski definition) is 3. The van der Waals surface area contributed by atoms with Crippen molar-refractivity contribution in [2.75, 3.05) is 0 Å². The van der Waals surface area contributed by atoms with E-state index in [4.69, 9.17) is 5.73 Å². The first-order valence-corrected chi connectivity index (χ1v) is 6.29. The molecular weight excluding hydrogens is 262 g/mol. The summed E-state index contributed by atoms with van der Waals surface area (Å²) in [6.45, 7) is 3.89. The summed E-state index contributed by atoms with van der Waals surface area (Å²) >= 11 is 4.79.